The molecule has 7 nitrogen and oxygen atoms in total. The van der Waals surface area contributed by atoms with Crippen LogP contribution in [-0.4, -0.2) is 76.5 Å². The zero-order valence-electron chi connectivity index (χ0n) is 12.8. The normalized spacial score (nSPS) is 32.9. The Kier molecular flexibility index (Phi) is 4.73. The molecule has 0 saturated carbocycles. The first kappa shape index (κ1) is 17.1. The van der Waals surface area contributed by atoms with Crippen LogP contribution in [0.3, 0.4) is 0 Å². The van der Waals surface area contributed by atoms with Gasteiger partial charge in [-0.05, 0) is 25.9 Å². The topological polar surface area (TPSA) is 102 Å². The van der Waals surface area contributed by atoms with Gasteiger partial charge in [0.05, 0.1) is 12.3 Å². The predicted molar refractivity (Wildman–Crippen MR) is 85.9 cm³/mol. The third-order valence-electron chi connectivity index (χ3n) is 3.69. The molecule has 0 spiro atoms. The molecular weight excluding hydrogens is 307 g/mol. The second-order valence-electron chi connectivity index (χ2n) is 6.32. The van der Waals surface area contributed by atoms with Crippen LogP contribution in [0.1, 0.15) is 6.42 Å². The van der Waals surface area contributed by atoms with Crippen molar-refractivity contribution < 1.29 is 24.9 Å². The number of nitrogens with zero attached hydrogens (tertiary/aromatic N) is 1. The second kappa shape index (κ2) is 6.08. The molecular formula is C14H23N2O5P. The van der Waals surface area contributed by atoms with E-state index < -0.39 is 43.1 Å². The Morgan fingerprint density at radius 1 is 1.41 bits per heavy atom. The Hall–Kier alpha value is -1.27. The van der Waals surface area contributed by atoms with Crippen LogP contribution in [-0.2, 0) is 9.53 Å². The molecule has 0 bridgehead atoms. The van der Waals surface area contributed by atoms with E-state index in [4.69, 9.17) is 4.74 Å². The van der Waals surface area contributed by atoms with Crippen molar-refractivity contribution >= 4 is 19.1 Å². The van der Waals surface area contributed by atoms with E-state index in [1.54, 1.807) is 0 Å². The summed E-state index contributed by atoms with van der Waals surface area (Å²) in [5.74, 6) is -1.01. The molecule has 2 aliphatic rings. The molecule has 124 valence electrons. The summed E-state index contributed by atoms with van der Waals surface area (Å²) in [6, 6.07) is 0. The van der Waals surface area contributed by atoms with Gasteiger partial charge in [-0.1, -0.05) is 6.58 Å². The number of hydrogen-bond acceptors (Lipinski definition) is 6. The number of ether oxygens (including phenoxy) is 1. The Bertz CT molecular complexity index is 555. The summed E-state index contributed by atoms with van der Waals surface area (Å²) >= 11 is 0. The molecule has 0 aromatic carbocycles. The molecule has 4 atom stereocenters. The molecule has 1 unspecified atom stereocenters. The molecule has 0 aromatic rings. The first-order chi connectivity index (χ1) is 10.1. The van der Waals surface area contributed by atoms with Gasteiger partial charge in [-0.2, -0.15) is 0 Å². The van der Waals surface area contributed by atoms with Crippen molar-refractivity contribution in [3.8, 4) is 0 Å². The van der Waals surface area contributed by atoms with E-state index in [2.05, 4.69) is 31.5 Å². The van der Waals surface area contributed by atoms with Gasteiger partial charge in [-0.3, -0.25) is 4.79 Å². The first-order valence-electron chi connectivity index (χ1n) is 6.98. The van der Waals surface area contributed by atoms with E-state index in [1.165, 1.54) is 4.90 Å². The van der Waals surface area contributed by atoms with Crippen LogP contribution in [0.25, 0.3) is 0 Å². The molecule has 8 heteroatoms. The molecule has 0 radical (unpaired) electrons. The van der Waals surface area contributed by atoms with E-state index in [-0.39, 0.29) is 5.82 Å². The van der Waals surface area contributed by atoms with Gasteiger partial charge in [0.1, 0.15) is 18.0 Å². The van der Waals surface area contributed by atoms with Crippen molar-refractivity contribution in [1.82, 2.24) is 10.2 Å². The monoisotopic (exact) mass is 330 g/mol. The molecule has 0 aromatic heterocycles. The van der Waals surface area contributed by atoms with Crippen LogP contribution >= 0.6 is 6.89 Å². The van der Waals surface area contributed by atoms with Crippen LogP contribution in [0.2, 0.25) is 0 Å². The molecule has 1 saturated heterocycles. The van der Waals surface area contributed by atoms with Crippen molar-refractivity contribution in [3.63, 3.8) is 0 Å². The maximum absolute atomic E-state index is 11.3. The minimum atomic E-state index is -1.26. The van der Waals surface area contributed by atoms with Gasteiger partial charge in [0.2, 0.25) is 0 Å². The molecule has 2 aliphatic heterocycles. The zero-order chi connectivity index (χ0) is 16.7. The highest BCUT2D eigenvalue weighted by molar-refractivity contribution is 7.72. The number of aliphatic hydroxyl groups is 3. The number of carbonyl (C=O) groups is 1. The SMILES string of the molecule is C=C1NC(=O)C(O)=CN1C1O[C@H](CCP(=C)(C)C)[C@@H](O)[C@H]1O. The van der Waals surface area contributed by atoms with Gasteiger partial charge in [0.15, 0.2) is 12.0 Å². The van der Waals surface area contributed by atoms with Gasteiger partial charge in [0, 0.05) is 0 Å². The summed E-state index contributed by atoms with van der Waals surface area (Å²) in [5, 5.41) is 32.2. The van der Waals surface area contributed by atoms with Crippen molar-refractivity contribution in [2.24, 2.45) is 0 Å². The van der Waals surface area contributed by atoms with E-state index in [0.29, 0.717) is 6.42 Å². The largest absolute Gasteiger partial charge is 0.502 e. The minimum Gasteiger partial charge on any atom is -0.502 e. The molecule has 4 N–H and O–H groups in total. The van der Waals surface area contributed by atoms with Crippen LogP contribution < -0.4 is 5.32 Å². The molecule has 0 aliphatic carbocycles. The molecule has 1 fully saturated rings. The summed E-state index contributed by atoms with van der Waals surface area (Å²) in [6.07, 6.45) is 3.00. The number of aliphatic hydroxyl groups excluding tert-OH is 3. The molecule has 2 rings (SSSR count). The summed E-state index contributed by atoms with van der Waals surface area (Å²) < 4.78 is 5.72. The number of nitrogens with one attached hydrogen (secondary N) is 1. The third kappa shape index (κ3) is 3.55. The lowest BCUT2D eigenvalue weighted by Crippen LogP contribution is -2.47. The summed E-state index contributed by atoms with van der Waals surface area (Å²) in [7, 11) is 0. The maximum atomic E-state index is 11.3. The summed E-state index contributed by atoms with van der Waals surface area (Å²) in [4.78, 5) is 12.6. The standard InChI is InChI=1S/C14H23N2O5P/c1-8-15-13(20)9(17)7-16(8)14-12(19)11(18)10(21-14)5-6-22(2,3)4/h7,10-12,14,17-19H,1-2,5-6H2,3-4H3,(H,15,20)/t10-,11-,12-,14?/m1/s1. The first-order valence-corrected chi connectivity index (χ1v) is 10.0. The number of amides is 1. The van der Waals surface area contributed by atoms with Crippen molar-refractivity contribution in [2.45, 2.75) is 31.0 Å². The quantitative estimate of drug-likeness (QED) is 0.534. The lowest BCUT2D eigenvalue weighted by atomic mass is 10.1. The lowest BCUT2D eigenvalue weighted by molar-refractivity contribution is -0.122. The highest BCUT2D eigenvalue weighted by Crippen LogP contribution is 2.38. The second-order valence-corrected chi connectivity index (χ2v) is 10.6. The Morgan fingerprint density at radius 3 is 2.64 bits per heavy atom. The number of carbonyl (C=O) groups excluding carboxylic acids is 1. The average molecular weight is 330 g/mol. The van der Waals surface area contributed by atoms with Crippen LogP contribution in [0, 0.1) is 0 Å². The van der Waals surface area contributed by atoms with Crippen LogP contribution in [0.4, 0.5) is 0 Å². The Labute approximate surface area is 129 Å². The molecule has 1 amide bonds. The Balaban J connectivity index is 2.11. The highest BCUT2D eigenvalue weighted by atomic mass is 31.2. The van der Waals surface area contributed by atoms with Gasteiger partial charge in [0.25, 0.3) is 5.91 Å². The van der Waals surface area contributed by atoms with Gasteiger partial charge in [-0.15, -0.1) is 13.2 Å². The lowest BCUT2D eigenvalue weighted by Gasteiger charge is -2.33. The van der Waals surface area contributed by atoms with Gasteiger partial charge >= 0.3 is 0 Å². The van der Waals surface area contributed by atoms with Crippen LogP contribution in [0.15, 0.2) is 24.4 Å². The number of hydrogen-bond donors (Lipinski definition) is 4. The van der Waals surface area contributed by atoms with Crippen molar-refractivity contribution in [2.75, 3.05) is 19.5 Å². The van der Waals surface area contributed by atoms with E-state index in [1.807, 2.05) is 0 Å². The third-order valence-corrected chi connectivity index (χ3v) is 5.16. The average Bonchev–Trinajstić information content (AvgIpc) is 2.68. The Morgan fingerprint density at radius 2 is 2.05 bits per heavy atom. The van der Waals surface area contributed by atoms with E-state index in [9.17, 15) is 20.1 Å². The summed E-state index contributed by atoms with van der Waals surface area (Å²) in [5.41, 5.74) is 0. The molecule has 22 heavy (non-hydrogen) atoms. The molecule has 2 heterocycles. The maximum Gasteiger partial charge on any atom is 0.293 e. The van der Waals surface area contributed by atoms with Crippen LogP contribution in [0.5, 0.6) is 0 Å². The summed E-state index contributed by atoms with van der Waals surface area (Å²) in [6.45, 7) is 6.57. The highest BCUT2D eigenvalue weighted by Gasteiger charge is 2.46. The van der Waals surface area contributed by atoms with Crippen molar-refractivity contribution in [1.29, 1.82) is 0 Å². The fraction of sp³-hybridized carbons (Fsp3) is 0.571. The fourth-order valence-electron chi connectivity index (χ4n) is 2.43. The predicted octanol–water partition coefficient (Wildman–Crippen LogP) is -0.165. The number of rotatable bonds is 4. The van der Waals surface area contributed by atoms with Gasteiger partial charge < -0.3 is 30.3 Å². The zero-order valence-corrected chi connectivity index (χ0v) is 13.7. The van der Waals surface area contributed by atoms with E-state index >= 15 is 0 Å². The minimum absolute atomic E-state index is 0.171. The smallest absolute Gasteiger partial charge is 0.293 e. The van der Waals surface area contributed by atoms with Crippen molar-refractivity contribution in [3.05, 3.63) is 24.4 Å². The fourth-order valence-corrected chi connectivity index (χ4v) is 3.38. The van der Waals surface area contributed by atoms with Gasteiger partial charge in [-0.25, -0.2) is 0 Å². The van der Waals surface area contributed by atoms with E-state index in [0.717, 1.165) is 12.4 Å².